The minimum atomic E-state index is -0.0730. The average molecular weight is 353 g/mol. The summed E-state index contributed by atoms with van der Waals surface area (Å²) in [7, 11) is 0. The Balaban J connectivity index is 1.96. The van der Waals surface area contributed by atoms with Crippen LogP contribution in [0.2, 0.25) is 10.0 Å². The van der Waals surface area contributed by atoms with Crippen LogP contribution in [0.1, 0.15) is 18.2 Å². The zero-order valence-corrected chi connectivity index (χ0v) is 14.3. The first-order valence-electron chi connectivity index (χ1n) is 7.34. The Hall–Kier alpha value is -1.85. The fraction of sp³-hybridized carbons (Fsp3) is 0.312. The molecule has 0 aliphatic rings. The molecule has 0 atom stereocenters. The second-order valence-electron chi connectivity index (χ2n) is 4.94. The Morgan fingerprint density at radius 2 is 2.00 bits per heavy atom. The van der Waals surface area contributed by atoms with Crippen LogP contribution in [0.3, 0.4) is 0 Å². The van der Waals surface area contributed by atoms with Crippen LogP contribution < -0.4 is 10.6 Å². The van der Waals surface area contributed by atoms with Gasteiger partial charge in [0.15, 0.2) is 0 Å². The molecule has 0 spiro atoms. The van der Waals surface area contributed by atoms with Crippen molar-refractivity contribution in [1.29, 1.82) is 0 Å². The lowest BCUT2D eigenvalue weighted by Crippen LogP contribution is -2.29. The molecule has 0 aliphatic heterocycles. The number of amides is 1. The highest BCUT2D eigenvalue weighted by Gasteiger charge is 2.06. The topological polar surface area (TPSA) is 66.9 Å². The molecular formula is C16H18Cl2N4O. The highest BCUT2D eigenvalue weighted by Crippen LogP contribution is 2.20. The molecule has 2 aromatic rings. The van der Waals surface area contributed by atoms with Gasteiger partial charge in [0, 0.05) is 24.6 Å². The first kappa shape index (κ1) is 17.5. The van der Waals surface area contributed by atoms with Crippen LogP contribution >= 0.6 is 23.2 Å². The molecule has 7 heteroatoms. The molecule has 0 aliphatic carbocycles. The van der Waals surface area contributed by atoms with Crippen molar-refractivity contribution in [2.24, 2.45) is 0 Å². The number of likely N-dealkylation sites (N-methyl/N-ethyl adjacent to an activating group) is 1. The average Bonchev–Trinajstić information content (AvgIpc) is 2.54. The van der Waals surface area contributed by atoms with Gasteiger partial charge in [-0.05, 0) is 43.5 Å². The molecule has 0 saturated heterocycles. The minimum absolute atomic E-state index is 0.0730. The molecule has 0 bridgehead atoms. The highest BCUT2D eigenvalue weighted by molar-refractivity contribution is 6.31. The van der Waals surface area contributed by atoms with Crippen molar-refractivity contribution in [2.45, 2.75) is 19.8 Å². The fourth-order valence-corrected chi connectivity index (χ4v) is 2.33. The predicted molar refractivity (Wildman–Crippen MR) is 93.1 cm³/mol. The largest absolute Gasteiger partial charge is 0.361 e. The SMILES string of the molecule is CCNC(=O)CNc1cc(CCc2ccc(Cl)cn2)c(Cl)cn1. The molecular weight excluding hydrogens is 335 g/mol. The van der Waals surface area contributed by atoms with Gasteiger partial charge in [-0.1, -0.05) is 23.2 Å². The summed E-state index contributed by atoms with van der Waals surface area (Å²) in [6.45, 7) is 2.66. The number of hydrogen-bond donors (Lipinski definition) is 2. The molecule has 2 N–H and O–H groups in total. The predicted octanol–water partition coefficient (Wildman–Crippen LogP) is 3.12. The van der Waals surface area contributed by atoms with Crippen LogP contribution in [0.15, 0.2) is 30.6 Å². The van der Waals surface area contributed by atoms with E-state index >= 15 is 0 Å². The molecule has 0 radical (unpaired) electrons. The summed E-state index contributed by atoms with van der Waals surface area (Å²) in [6.07, 6.45) is 4.69. The van der Waals surface area contributed by atoms with Gasteiger partial charge in [0.1, 0.15) is 5.82 Å². The number of hydrogen-bond acceptors (Lipinski definition) is 4. The van der Waals surface area contributed by atoms with Gasteiger partial charge in [-0.3, -0.25) is 9.78 Å². The lowest BCUT2D eigenvalue weighted by atomic mass is 10.1. The van der Waals surface area contributed by atoms with Crippen LogP contribution in [0.4, 0.5) is 5.82 Å². The van der Waals surface area contributed by atoms with Crippen LogP contribution in [-0.4, -0.2) is 29.0 Å². The molecule has 122 valence electrons. The van der Waals surface area contributed by atoms with E-state index in [2.05, 4.69) is 20.6 Å². The van der Waals surface area contributed by atoms with E-state index in [9.17, 15) is 4.79 Å². The van der Waals surface area contributed by atoms with Gasteiger partial charge >= 0.3 is 0 Å². The van der Waals surface area contributed by atoms with Gasteiger partial charge in [-0.25, -0.2) is 4.98 Å². The maximum Gasteiger partial charge on any atom is 0.239 e. The van der Waals surface area contributed by atoms with Crippen molar-refractivity contribution in [3.63, 3.8) is 0 Å². The maximum atomic E-state index is 11.5. The van der Waals surface area contributed by atoms with Crippen molar-refractivity contribution < 1.29 is 4.79 Å². The number of rotatable bonds is 7. The number of aromatic nitrogens is 2. The standard InChI is InChI=1S/C16H18Cl2N4O/c1-2-19-16(23)10-22-15-7-11(14(18)9-21-15)3-5-13-6-4-12(17)8-20-13/h4,6-9H,2-3,5,10H2,1H3,(H,19,23)(H,21,22). The molecule has 0 aromatic carbocycles. The first-order valence-corrected chi connectivity index (χ1v) is 8.09. The molecule has 1 amide bonds. The summed E-state index contributed by atoms with van der Waals surface area (Å²) in [5.74, 6) is 0.552. The Kier molecular flexibility index (Phi) is 6.62. The molecule has 5 nitrogen and oxygen atoms in total. The Morgan fingerprint density at radius 3 is 2.70 bits per heavy atom. The lowest BCUT2D eigenvalue weighted by Gasteiger charge is -2.09. The zero-order chi connectivity index (χ0) is 16.7. The highest BCUT2D eigenvalue weighted by atomic mass is 35.5. The summed E-state index contributed by atoms with van der Waals surface area (Å²) in [5, 5.41) is 6.92. The normalized spacial score (nSPS) is 10.4. The van der Waals surface area contributed by atoms with E-state index in [1.165, 1.54) is 0 Å². The summed E-state index contributed by atoms with van der Waals surface area (Å²) in [6, 6.07) is 5.57. The van der Waals surface area contributed by atoms with Crippen molar-refractivity contribution in [3.05, 3.63) is 51.9 Å². The Morgan fingerprint density at radius 1 is 1.17 bits per heavy atom. The number of aryl methyl sites for hydroxylation is 2. The molecule has 0 unspecified atom stereocenters. The monoisotopic (exact) mass is 352 g/mol. The van der Waals surface area contributed by atoms with Crippen molar-refractivity contribution in [3.8, 4) is 0 Å². The molecule has 0 fully saturated rings. The van der Waals surface area contributed by atoms with E-state index in [1.54, 1.807) is 12.4 Å². The molecule has 2 rings (SSSR count). The summed E-state index contributed by atoms with van der Waals surface area (Å²) < 4.78 is 0. The van der Waals surface area contributed by atoms with Crippen molar-refractivity contribution in [1.82, 2.24) is 15.3 Å². The second kappa shape index (κ2) is 8.70. The number of nitrogens with zero attached hydrogens (tertiary/aromatic N) is 2. The van der Waals surface area contributed by atoms with E-state index in [1.807, 2.05) is 25.1 Å². The summed E-state index contributed by atoms with van der Waals surface area (Å²) in [5.41, 5.74) is 1.90. The van der Waals surface area contributed by atoms with Gasteiger partial charge in [-0.2, -0.15) is 0 Å². The third-order valence-corrected chi connectivity index (χ3v) is 3.74. The smallest absolute Gasteiger partial charge is 0.239 e. The Bertz CT molecular complexity index is 662. The van der Waals surface area contributed by atoms with E-state index in [0.717, 1.165) is 24.1 Å². The summed E-state index contributed by atoms with van der Waals surface area (Å²) in [4.78, 5) is 19.9. The van der Waals surface area contributed by atoms with Crippen molar-refractivity contribution >= 4 is 34.9 Å². The number of carbonyl (C=O) groups excluding carboxylic acids is 1. The van der Waals surface area contributed by atoms with Gasteiger partial charge in [-0.15, -0.1) is 0 Å². The number of carbonyl (C=O) groups is 1. The molecule has 2 heterocycles. The first-order chi connectivity index (χ1) is 11.1. The second-order valence-corrected chi connectivity index (χ2v) is 5.78. The van der Waals surface area contributed by atoms with Crippen LogP contribution in [0.5, 0.6) is 0 Å². The van der Waals surface area contributed by atoms with E-state index in [4.69, 9.17) is 23.2 Å². The summed E-state index contributed by atoms with van der Waals surface area (Å²) >= 11 is 12.0. The van der Waals surface area contributed by atoms with Gasteiger partial charge in [0.25, 0.3) is 0 Å². The zero-order valence-electron chi connectivity index (χ0n) is 12.8. The number of halogens is 2. The van der Waals surface area contributed by atoms with E-state index in [0.29, 0.717) is 22.4 Å². The number of pyridine rings is 2. The van der Waals surface area contributed by atoms with Gasteiger partial charge < -0.3 is 10.6 Å². The van der Waals surface area contributed by atoms with Crippen molar-refractivity contribution in [2.75, 3.05) is 18.4 Å². The molecule has 0 saturated carbocycles. The Labute approximate surface area is 145 Å². The van der Waals surface area contributed by atoms with Crippen LogP contribution in [0, 0.1) is 0 Å². The third kappa shape index (κ3) is 5.69. The van der Waals surface area contributed by atoms with E-state index in [-0.39, 0.29) is 12.5 Å². The van der Waals surface area contributed by atoms with Gasteiger partial charge in [0.2, 0.25) is 5.91 Å². The third-order valence-electron chi connectivity index (χ3n) is 3.18. The molecule has 2 aromatic heterocycles. The van der Waals surface area contributed by atoms with Crippen LogP contribution in [-0.2, 0) is 17.6 Å². The number of anilines is 1. The molecule has 23 heavy (non-hydrogen) atoms. The maximum absolute atomic E-state index is 11.5. The number of nitrogens with one attached hydrogen (secondary N) is 2. The van der Waals surface area contributed by atoms with Crippen LogP contribution in [0.25, 0.3) is 0 Å². The lowest BCUT2D eigenvalue weighted by molar-refractivity contribution is -0.119. The fourth-order valence-electron chi connectivity index (χ4n) is 2.02. The van der Waals surface area contributed by atoms with Gasteiger partial charge in [0.05, 0.1) is 16.6 Å². The minimum Gasteiger partial charge on any atom is -0.361 e. The quantitative estimate of drug-likeness (QED) is 0.803. The van der Waals surface area contributed by atoms with E-state index < -0.39 is 0 Å².